The Labute approximate surface area is 761 Å². The fraction of sp³-hybridized carbons (Fsp3) is 0.0400. The molecule has 2 aromatic heterocycles. The number of nitrogens with zero attached hydrogens (tertiary/aromatic N) is 2. The van der Waals surface area contributed by atoms with Crippen molar-refractivity contribution in [3.63, 3.8) is 0 Å². The molecular weight excluding hydrogens is 1590 g/mol. The Kier molecular flexibility index (Phi) is 18.8. The van der Waals surface area contributed by atoms with Crippen molar-refractivity contribution in [2.24, 2.45) is 0 Å². The van der Waals surface area contributed by atoms with E-state index < -0.39 is 10.8 Å². The molecule has 25 rings (SSSR count). The average molecular weight is 1680 g/mol. The summed E-state index contributed by atoms with van der Waals surface area (Å²) < 4.78 is 5.15. The zero-order chi connectivity index (χ0) is 85.7. The third kappa shape index (κ3) is 12.9. The lowest BCUT2D eigenvalue weighted by molar-refractivity contribution is 0.660. The van der Waals surface area contributed by atoms with Gasteiger partial charge in [-0.3, -0.25) is 0 Å². The molecular formula is C125H86N2S2. The van der Waals surface area contributed by atoms with E-state index in [2.05, 4.69) is 509 Å². The molecule has 2 heterocycles. The summed E-state index contributed by atoms with van der Waals surface area (Å²) in [6.07, 6.45) is 0. The minimum atomic E-state index is -0.608. The van der Waals surface area contributed by atoms with E-state index >= 15 is 0 Å². The molecule has 0 amide bonds. The summed E-state index contributed by atoms with van der Waals surface area (Å²) in [7, 11) is 0. The molecule has 3 aliphatic rings. The van der Waals surface area contributed by atoms with E-state index in [0.29, 0.717) is 0 Å². The highest BCUT2D eigenvalue weighted by Crippen LogP contribution is 2.61. The van der Waals surface area contributed by atoms with Crippen LogP contribution >= 0.6 is 22.7 Å². The molecule has 0 bridgehead atoms. The van der Waals surface area contributed by atoms with Gasteiger partial charge < -0.3 is 9.80 Å². The maximum atomic E-state index is 2.53. The van der Waals surface area contributed by atoms with E-state index in [9.17, 15) is 0 Å². The summed E-state index contributed by atoms with van der Waals surface area (Å²) in [6.45, 7) is 4.74. The molecule has 0 N–H and O–H groups in total. The van der Waals surface area contributed by atoms with Gasteiger partial charge in [-0.25, -0.2) is 0 Å². The minimum absolute atomic E-state index is 0.134. The van der Waals surface area contributed by atoms with Crippen molar-refractivity contribution >= 4 is 97.1 Å². The number of thiophene rings is 2. The smallest absolute Gasteiger partial charge is 0.0714 e. The molecule has 20 aromatic carbocycles. The highest BCUT2D eigenvalue weighted by molar-refractivity contribution is 7.26. The number of rotatable bonds is 15. The molecule has 4 heteroatoms. The van der Waals surface area contributed by atoms with Crippen molar-refractivity contribution in [2.45, 2.75) is 30.1 Å². The van der Waals surface area contributed by atoms with Gasteiger partial charge in [0.25, 0.3) is 0 Å². The van der Waals surface area contributed by atoms with E-state index in [4.69, 9.17) is 0 Å². The molecule has 0 atom stereocenters. The molecule has 0 radical (unpaired) electrons. The maximum absolute atomic E-state index is 2.53. The van der Waals surface area contributed by atoms with Crippen molar-refractivity contribution in [3.05, 3.63) is 541 Å². The number of hydrogen-bond donors (Lipinski definition) is 0. The van der Waals surface area contributed by atoms with Gasteiger partial charge >= 0.3 is 0 Å². The second-order valence-electron chi connectivity index (χ2n) is 34.9. The summed E-state index contributed by atoms with van der Waals surface area (Å²) in [5, 5.41) is 5.12. The van der Waals surface area contributed by atoms with Gasteiger partial charge in [-0.05, 0) is 272 Å². The largest absolute Gasteiger partial charge is 0.310 e. The predicted molar refractivity (Wildman–Crippen MR) is 547 cm³/mol. The van der Waals surface area contributed by atoms with Gasteiger partial charge in [0, 0.05) is 79.9 Å². The Morgan fingerprint density at radius 3 is 0.984 bits per heavy atom. The highest BCUT2D eigenvalue weighted by atomic mass is 32.1. The Hall–Kier alpha value is -15.6. The molecule has 0 spiro atoms. The number of anilines is 6. The summed E-state index contributed by atoms with van der Waals surface area (Å²) in [5.41, 5.74) is 38.6. The maximum Gasteiger partial charge on any atom is 0.0714 e. The first kappa shape index (κ1) is 77.0. The van der Waals surface area contributed by atoms with E-state index in [1.54, 1.807) is 0 Å². The Morgan fingerprint density at radius 2 is 0.481 bits per heavy atom. The van der Waals surface area contributed by atoms with E-state index in [1.807, 2.05) is 22.7 Å². The van der Waals surface area contributed by atoms with Crippen LogP contribution in [0.25, 0.3) is 129 Å². The van der Waals surface area contributed by atoms with Crippen LogP contribution in [-0.2, 0) is 16.2 Å². The van der Waals surface area contributed by atoms with Gasteiger partial charge in [0.1, 0.15) is 0 Å². The normalized spacial score (nSPS) is 13.2. The highest BCUT2D eigenvalue weighted by Gasteiger charge is 2.48. The Balaban J connectivity index is 0.000000147. The molecule has 129 heavy (non-hydrogen) atoms. The molecule has 0 unspecified atom stereocenters. The van der Waals surface area contributed by atoms with E-state index in [0.717, 1.165) is 34.1 Å². The third-order valence-electron chi connectivity index (χ3n) is 27.5. The summed E-state index contributed by atoms with van der Waals surface area (Å²) in [5.74, 6) is 0. The van der Waals surface area contributed by atoms with Gasteiger partial charge in [0.05, 0.1) is 10.8 Å². The fourth-order valence-electron chi connectivity index (χ4n) is 21.5. The first-order chi connectivity index (χ1) is 63.7. The summed E-state index contributed by atoms with van der Waals surface area (Å²) >= 11 is 3.76. The van der Waals surface area contributed by atoms with Crippen molar-refractivity contribution in [1.29, 1.82) is 0 Å². The van der Waals surface area contributed by atoms with Crippen LogP contribution in [0.15, 0.2) is 485 Å². The molecule has 0 fully saturated rings. The van der Waals surface area contributed by atoms with E-state index in [1.165, 1.54) is 185 Å². The zero-order valence-corrected chi connectivity index (χ0v) is 73.0. The first-order valence-corrected chi connectivity index (χ1v) is 46.3. The molecule has 0 saturated carbocycles. The monoisotopic (exact) mass is 1680 g/mol. The lowest BCUT2D eigenvalue weighted by Crippen LogP contribution is -2.28. The van der Waals surface area contributed by atoms with Gasteiger partial charge in [-0.2, -0.15) is 0 Å². The quantitative estimate of drug-likeness (QED) is 0.101. The SMILES string of the molecule is CC1(C)c2ccccc2-c2ccc(N(c3ccc(-c4ccccc4)cc3)c3ccc4sc5ccc(C6(c7cc(-c8ccccc8)cc(-c8ccccc8)c7)c7ccccc7-c7ccccc76)cc5c4c3)cc21.c1ccc(-c2ccc(N(c3ccccc3)c3cccc(-c4ccc5c(c4)sc4ccc(C6(c7ccccc7)c7ccccc7-c7ccccc76)cc45)c3)cc2)cc1. The molecule has 0 aliphatic heterocycles. The lowest BCUT2D eigenvalue weighted by atomic mass is 9.66. The van der Waals surface area contributed by atoms with Crippen LogP contribution in [0.1, 0.15) is 69.5 Å². The molecule has 2 nitrogen and oxygen atoms in total. The zero-order valence-electron chi connectivity index (χ0n) is 71.4. The number of para-hydroxylation sites is 1. The van der Waals surface area contributed by atoms with Crippen molar-refractivity contribution in [1.82, 2.24) is 0 Å². The topological polar surface area (TPSA) is 6.48 Å². The van der Waals surface area contributed by atoms with Crippen LogP contribution in [0.2, 0.25) is 0 Å². The van der Waals surface area contributed by atoms with Crippen molar-refractivity contribution in [2.75, 3.05) is 9.80 Å². The molecule has 3 aliphatic carbocycles. The minimum Gasteiger partial charge on any atom is -0.310 e. The number of benzene rings is 20. The van der Waals surface area contributed by atoms with Crippen LogP contribution in [0.3, 0.4) is 0 Å². The number of fused-ring (bicyclic) bond motifs is 15. The predicted octanol–water partition coefficient (Wildman–Crippen LogP) is 34.4. The number of hydrogen-bond acceptors (Lipinski definition) is 4. The third-order valence-corrected chi connectivity index (χ3v) is 29.8. The molecule has 608 valence electrons. The summed E-state index contributed by atoms with van der Waals surface area (Å²) in [6, 6.07) is 180. The standard InChI is InChI=1S/C70H49NS.C55H37NS/c1-69(2)63-27-15-12-24-57(63)60-37-35-56(45-66(60)69)71(54-33-30-49(31-34-54)46-18-6-3-7-19-46)55-36-39-68-62(44-55)61-43-52(32-38-67(61)72-68)70(64-28-16-13-25-58(64)59-26-14-17-29-65(59)70)53-41-50(47-20-8-4-9-21-47)40-51(42-53)48-22-10-5-11-23-48;1-4-15-38(16-5-1)39-27-31-45(32-28-39)56(44-20-8-3-9-21-44)46-22-14-17-40(35-46)41-29-33-49-50-37-43(30-34-53(50)57-54(49)36-41)55(42-18-6-2-7-19-42)51-25-12-10-23-47(51)48-24-11-13-26-52(48)55/h3-45H,1-2H3;1-37H. The van der Waals surface area contributed by atoms with Crippen LogP contribution < -0.4 is 9.80 Å². The Bertz CT molecular complexity index is 7900. The van der Waals surface area contributed by atoms with Crippen LogP contribution in [0.5, 0.6) is 0 Å². The first-order valence-electron chi connectivity index (χ1n) is 44.6. The van der Waals surface area contributed by atoms with Crippen molar-refractivity contribution in [3.8, 4) is 89.0 Å². The van der Waals surface area contributed by atoms with Gasteiger partial charge in [-0.1, -0.05) is 372 Å². The van der Waals surface area contributed by atoms with Crippen LogP contribution in [-0.4, -0.2) is 0 Å². The van der Waals surface area contributed by atoms with E-state index in [-0.39, 0.29) is 5.41 Å². The molecule has 22 aromatic rings. The summed E-state index contributed by atoms with van der Waals surface area (Å²) in [4.78, 5) is 4.81. The van der Waals surface area contributed by atoms with Gasteiger partial charge in [0.15, 0.2) is 0 Å². The second-order valence-corrected chi connectivity index (χ2v) is 37.0. The Morgan fingerprint density at radius 1 is 0.163 bits per heavy atom. The fourth-order valence-corrected chi connectivity index (χ4v) is 23.7. The van der Waals surface area contributed by atoms with Gasteiger partial charge in [0.2, 0.25) is 0 Å². The van der Waals surface area contributed by atoms with Crippen LogP contribution in [0.4, 0.5) is 34.1 Å². The second kappa shape index (κ2) is 31.5. The van der Waals surface area contributed by atoms with Gasteiger partial charge in [-0.15, -0.1) is 22.7 Å². The van der Waals surface area contributed by atoms with Crippen LogP contribution in [0, 0.1) is 0 Å². The molecule has 0 saturated heterocycles. The average Bonchev–Trinajstić information content (AvgIpc) is 1.54. The lowest BCUT2D eigenvalue weighted by Gasteiger charge is -2.35. The van der Waals surface area contributed by atoms with Crippen molar-refractivity contribution < 1.29 is 0 Å².